The van der Waals surface area contributed by atoms with E-state index in [9.17, 15) is 4.79 Å². The molecular formula is C21H24ClNO3S. The molecule has 6 heteroatoms. The average Bonchev–Trinajstić information content (AvgIpc) is 2.62. The normalized spacial score (nSPS) is 17.6. The summed E-state index contributed by atoms with van der Waals surface area (Å²) in [6, 6.07) is 13.4. The highest BCUT2D eigenvalue weighted by atomic mass is 35.5. The van der Waals surface area contributed by atoms with Crippen LogP contribution in [0, 0.1) is 0 Å². The summed E-state index contributed by atoms with van der Waals surface area (Å²) in [4.78, 5) is 12.5. The van der Waals surface area contributed by atoms with E-state index >= 15 is 0 Å². The smallest absolute Gasteiger partial charge is 0.230 e. The van der Waals surface area contributed by atoms with Gasteiger partial charge in [-0.2, -0.15) is 0 Å². The second-order valence-electron chi connectivity index (χ2n) is 7.21. The van der Waals surface area contributed by atoms with Crippen LogP contribution in [-0.2, 0) is 10.5 Å². The number of thioether (sulfide) groups is 1. The number of hydrogen-bond donors (Lipinski definition) is 1. The fourth-order valence-electron chi connectivity index (χ4n) is 3.17. The van der Waals surface area contributed by atoms with Crippen LogP contribution < -0.4 is 14.8 Å². The molecule has 0 bridgehead atoms. The topological polar surface area (TPSA) is 47.6 Å². The van der Waals surface area contributed by atoms with Crippen LogP contribution in [0.1, 0.15) is 37.4 Å². The lowest BCUT2D eigenvalue weighted by atomic mass is 9.89. The van der Waals surface area contributed by atoms with Gasteiger partial charge in [0, 0.05) is 28.8 Å². The van der Waals surface area contributed by atoms with Crippen LogP contribution in [0.3, 0.4) is 0 Å². The summed E-state index contributed by atoms with van der Waals surface area (Å²) in [5.74, 6) is 2.72. The molecule has 0 radical (unpaired) electrons. The van der Waals surface area contributed by atoms with Gasteiger partial charge < -0.3 is 14.8 Å². The molecule has 144 valence electrons. The van der Waals surface area contributed by atoms with Crippen molar-refractivity contribution >= 4 is 29.3 Å². The van der Waals surface area contributed by atoms with E-state index in [-0.39, 0.29) is 17.6 Å². The third-order valence-corrected chi connectivity index (χ3v) is 5.68. The van der Waals surface area contributed by atoms with Crippen LogP contribution in [0.25, 0.3) is 0 Å². The second kappa shape index (κ2) is 8.44. The van der Waals surface area contributed by atoms with Gasteiger partial charge >= 0.3 is 0 Å². The first-order chi connectivity index (χ1) is 12.9. The van der Waals surface area contributed by atoms with Crippen molar-refractivity contribution in [3.05, 3.63) is 58.6 Å². The Hall–Kier alpha value is -1.85. The molecule has 0 saturated heterocycles. The van der Waals surface area contributed by atoms with Gasteiger partial charge in [0.25, 0.3) is 0 Å². The fraction of sp³-hybridized carbons (Fsp3) is 0.381. The number of carbonyl (C=O) groups excluding carboxylic acids is 1. The maximum atomic E-state index is 12.5. The van der Waals surface area contributed by atoms with Crippen LogP contribution in [-0.4, -0.2) is 24.4 Å². The molecule has 1 heterocycles. The first kappa shape index (κ1) is 19.9. The highest BCUT2D eigenvalue weighted by Crippen LogP contribution is 2.41. The van der Waals surface area contributed by atoms with Crippen molar-refractivity contribution < 1.29 is 14.3 Å². The molecule has 2 aromatic rings. The van der Waals surface area contributed by atoms with Gasteiger partial charge in [0.05, 0.1) is 18.9 Å². The number of benzene rings is 2. The molecular weight excluding hydrogens is 382 g/mol. The maximum Gasteiger partial charge on any atom is 0.230 e. The average molecular weight is 406 g/mol. The molecule has 0 spiro atoms. The number of halogens is 1. The van der Waals surface area contributed by atoms with Gasteiger partial charge in [-0.25, -0.2) is 0 Å². The number of rotatable bonds is 6. The highest BCUT2D eigenvalue weighted by molar-refractivity contribution is 7.99. The minimum Gasteiger partial charge on any atom is -0.497 e. The van der Waals surface area contributed by atoms with Crippen LogP contribution in [0.5, 0.6) is 11.5 Å². The van der Waals surface area contributed by atoms with Crippen LogP contribution in [0.2, 0.25) is 5.02 Å². The molecule has 1 atom stereocenters. The molecule has 1 unspecified atom stereocenters. The van der Waals surface area contributed by atoms with E-state index in [0.29, 0.717) is 5.75 Å². The maximum absolute atomic E-state index is 12.5. The van der Waals surface area contributed by atoms with Crippen molar-refractivity contribution in [1.29, 1.82) is 0 Å². The zero-order valence-electron chi connectivity index (χ0n) is 15.8. The van der Waals surface area contributed by atoms with Crippen molar-refractivity contribution in [2.45, 2.75) is 37.7 Å². The Morgan fingerprint density at radius 2 is 2.04 bits per heavy atom. The summed E-state index contributed by atoms with van der Waals surface area (Å²) in [7, 11) is 1.63. The van der Waals surface area contributed by atoms with Crippen LogP contribution in [0.4, 0.5) is 0 Å². The summed E-state index contributed by atoms with van der Waals surface area (Å²) >= 11 is 7.49. The zero-order chi connectivity index (χ0) is 19.4. The number of hydrogen-bond acceptors (Lipinski definition) is 4. The third kappa shape index (κ3) is 5.33. The zero-order valence-corrected chi connectivity index (χ0v) is 17.3. The molecule has 1 aliphatic rings. The van der Waals surface area contributed by atoms with E-state index in [0.717, 1.165) is 39.8 Å². The van der Waals surface area contributed by atoms with Gasteiger partial charge in [0.1, 0.15) is 17.1 Å². The predicted molar refractivity (Wildman–Crippen MR) is 111 cm³/mol. The third-order valence-electron chi connectivity index (χ3n) is 4.43. The summed E-state index contributed by atoms with van der Waals surface area (Å²) < 4.78 is 11.4. The predicted octanol–water partition coefficient (Wildman–Crippen LogP) is 5.00. The monoisotopic (exact) mass is 405 g/mol. The summed E-state index contributed by atoms with van der Waals surface area (Å²) in [5, 5.41) is 3.88. The van der Waals surface area contributed by atoms with Gasteiger partial charge in [-0.15, -0.1) is 11.8 Å². The van der Waals surface area contributed by atoms with Crippen LogP contribution in [0.15, 0.2) is 42.5 Å². The van der Waals surface area contributed by atoms with E-state index in [2.05, 4.69) is 5.32 Å². The number of amides is 1. The van der Waals surface area contributed by atoms with Gasteiger partial charge in [-0.3, -0.25) is 4.79 Å². The van der Waals surface area contributed by atoms with Gasteiger partial charge in [-0.05, 0) is 43.7 Å². The van der Waals surface area contributed by atoms with Crippen molar-refractivity contribution in [3.8, 4) is 11.5 Å². The van der Waals surface area contributed by atoms with Crippen molar-refractivity contribution in [2.24, 2.45) is 0 Å². The Balaban J connectivity index is 1.60. The molecule has 0 aromatic heterocycles. The molecule has 0 fully saturated rings. The molecule has 0 aliphatic carbocycles. The Morgan fingerprint density at radius 3 is 2.74 bits per heavy atom. The fourth-order valence-corrected chi connectivity index (χ4v) is 4.09. The Kier molecular flexibility index (Phi) is 6.22. The lowest BCUT2D eigenvalue weighted by Gasteiger charge is -2.38. The Labute approximate surface area is 169 Å². The van der Waals surface area contributed by atoms with E-state index in [1.807, 2.05) is 56.3 Å². The molecule has 1 aliphatic heterocycles. The summed E-state index contributed by atoms with van der Waals surface area (Å²) in [6.45, 7) is 4.06. The quantitative estimate of drug-likeness (QED) is 0.734. The molecule has 1 N–H and O–H groups in total. The minimum absolute atomic E-state index is 0.0263. The van der Waals surface area contributed by atoms with Crippen molar-refractivity contribution in [2.75, 3.05) is 12.9 Å². The van der Waals surface area contributed by atoms with E-state index < -0.39 is 0 Å². The minimum atomic E-state index is -0.353. The van der Waals surface area contributed by atoms with Crippen molar-refractivity contribution in [1.82, 2.24) is 5.32 Å². The molecule has 4 nitrogen and oxygen atoms in total. The second-order valence-corrected chi connectivity index (χ2v) is 8.63. The SMILES string of the molecule is COc1ccc2c(c1)OC(C)(C)CC2NC(=O)CSCc1ccc(Cl)cc1. The number of ether oxygens (including phenoxy) is 2. The Morgan fingerprint density at radius 1 is 1.30 bits per heavy atom. The van der Waals surface area contributed by atoms with Crippen LogP contribution >= 0.6 is 23.4 Å². The molecule has 1 amide bonds. The standard InChI is InChI=1S/C21H24ClNO3S/c1-21(2)11-18(17-9-8-16(25-3)10-19(17)26-21)23-20(24)13-27-12-14-4-6-15(22)7-5-14/h4-10,18H,11-13H2,1-3H3,(H,23,24). The van der Waals surface area contributed by atoms with Crippen molar-refractivity contribution in [3.63, 3.8) is 0 Å². The first-order valence-electron chi connectivity index (χ1n) is 8.85. The number of methoxy groups -OCH3 is 1. The van der Waals surface area contributed by atoms with E-state index in [4.69, 9.17) is 21.1 Å². The number of fused-ring (bicyclic) bond motifs is 1. The number of nitrogens with one attached hydrogen (secondary N) is 1. The number of carbonyl (C=O) groups is 1. The highest BCUT2D eigenvalue weighted by Gasteiger charge is 2.34. The molecule has 0 saturated carbocycles. The van der Waals surface area contributed by atoms with E-state index in [1.165, 1.54) is 0 Å². The molecule has 3 rings (SSSR count). The largest absolute Gasteiger partial charge is 0.497 e. The summed E-state index contributed by atoms with van der Waals surface area (Å²) in [6.07, 6.45) is 0.722. The van der Waals surface area contributed by atoms with Gasteiger partial charge in [-0.1, -0.05) is 23.7 Å². The first-order valence-corrected chi connectivity index (χ1v) is 10.4. The lowest BCUT2D eigenvalue weighted by Crippen LogP contribution is -2.41. The van der Waals surface area contributed by atoms with E-state index in [1.54, 1.807) is 18.9 Å². The summed E-state index contributed by atoms with van der Waals surface area (Å²) in [5.41, 5.74) is 1.79. The lowest BCUT2D eigenvalue weighted by molar-refractivity contribution is -0.119. The van der Waals surface area contributed by atoms with Gasteiger partial charge in [0.2, 0.25) is 5.91 Å². The Bertz CT molecular complexity index is 808. The van der Waals surface area contributed by atoms with Gasteiger partial charge in [0.15, 0.2) is 0 Å². The molecule has 27 heavy (non-hydrogen) atoms. The molecule has 2 aromatic carbocycles.